The lowest BCUT2D eigenvalue weighted by Gasteiger charge is -2.04. The first-order valence-corrected chi connectivity index (χ1v) is 10.7. The van der Waals surface area contributed by atoms with Crippen molar-refractivity contribution in [1.82, 2.24) is 10.0 Å². The average Bonchev–Trinajstić information content (AvgIpc) is 2.81. The van der Waals surface area contributed by atoms with Gasteiger partial charge in [-0.2, -0.15) is 11.8 Å². The summed E-state index contributed by atoms with van der Waals surface area (Å²) in [5, 5.41) is 3.18. The summed E-state index contributed by atoms with van der Waals surface area (Å²) in [5.74, 6) is 1.66. The SMILES string of the molecule is CCCNCc1cc(S(=O)(=O)NCCCCSC)c(Br)o1. The van der Waals surface area contributed by atoms with Gasteiger partial charge < -0.3 is 9.73 Å². The molecular weight excluding hydrogens is 376 g/mol. The zero-order chi connectivity index (χ0) is 15.7. The molecule has 2 N–H and O–H groups in total. The van der Waals surface area contributed by atoms with Crippen LogP contribution in [0.4, 0.5) is 0 Å². The largest absolute Gasteiger partial charge is 0.452 e. The summed E-state index contributed by atoms with van der Waals surface area (Å²) in [5.41, 5.74) is 0. The molecule has 0 aliphatic heterocycles. The molecule has 1 rings (SSSR count). The second-order valence-corrected chi connectivity index (χ2v) is 8.07. The fourth-order valence-corrected chi connectivity index (χ4v) is 4.27. The minimum atomic E-state index is -3.51. The van der Waals surface area contributed by atoms with Crippen LogP contribution in [-0.2, 0) is 16.6 Å². The van der Waals surface area contributed by atoms with Crippen molar-refractivity contribution in [1.29, 1.82) is 0 Å². The quantitative estimate of drug-likeness (QED) is 0.560. The standard InChI is InChI=1S/C13H23BrN2O3S2/c1-3-6-15-10-11-9-12(13(14)19-11)21(17,18)16-7-4-5-8-20-2/h9,15-16H,3-8,10H2,1-2H3. The van der Waals surface area contributed by atoms with Crippen LogP contribution in [0, 0.1) is 0 Å². The summed E-state index contributed by atoms with van der Waals surface area (Å²) in [6.07, 6.45) is 4.90. The highest BCUT2D eigenvalue weighted by Gasteiger charge is 2.21. The number of rotatable bonds is 11. The molecule has 0 aliphatic rings. The zero-order valence-corrected chi connectivity index (χ0v) is 15.7. The van der Waals surface area contributed by atoms with Gasteiger partial charge in [-0.25, -0.2) is 13.1 Å². The van der Waals surface area contributed by atoms with Crippen molar-refractivity contribution in [2.24, 2.45) is 0 Å². The first kappa shape index (κ1) is 19.0. The Morgan fingerprint density at radius 2 is 2.10 bits per heavy atom. The van der Waals surface area contributed by atoms with Crippen LogP contribution in [0.3, 0.4) is 0 Å². The van der Waals surface area contributed by atoms with Crippen LogP contribution in [0.2, 0.25) is 0 Å². The van der Waals surface area contributed by atoms with Gasteiger partial charge in [0.05, 0.1) is 6.54 Å². The monoisotopic (exact) mass is 398 g/mol. The van der Waals surface area contributed by atoms with E-state index in [9.17, 15) is 8.42 Å². The predicted molar refractivity (Wildman–Crippen MR) is 91.2 cm³/mol. The van der Waals surface area contributed by atoms with E-state index >= 15 is 0 Å². The minimum Gasteiger partial charge on any atom is -0.452 e. The number of hydrogen-bond acceptors (Lipinski definition) is 5. The second-order valence-electron chi connectivity index (χ2n) is 4.63. The van der Waals surface area contributed by atoms with Gasteiger partial charge in [-0.3, -0.25) is 0 Å². The van der Waals surface area contributed by atoms with E-state index in [1.807, 2.05) is 6.26 Å². The predicted octanol–water partition coefficient (Wildman–Crippen LogP) is 2.96. The van der Waals surface area contributed by atoms with E-state index in [0.29, 0.717) is 18.8 Å². The van der Waals surface area contributed by atoms with E-state index in [1.165, 1.54) is 0 Å². The van der Waals surface area contributed by atoms with Crippen molar-refractivity contribution >= 4 is 37.7 Å². The van der Waals surface area contributed by atoms with Crippen molar-refractivity contribution in [3.05, 3.63) is 16.5 Å². The van der Waals surface area contributed by atoms with Gasteiger partial charge in [-0.15, -0.1) is 0 Å². The fraction of sp³-hybridized carbons (Fsp3) is 0.692. The number of hydrogen-bond donors (Lipinski definition) is 2. The van der Waals surface area contributed by atoms with Crippen molar-refractivity contribution in [2.45, 2.75) is 37.6 Å². The molecule has 122 valence electrons. The Morgan fingerprint density at radius 3 is 2.76 bits per heavy atom. The minimum absolute atomic E-state index is 0.167. The van der Waals surface area contributed by atoms with Crippen LogP contribution in [0.5, 0.6) is 0 Å². The van der Waals surface area contributed by atoms with Gasteiger partial charge in [-0.1, -0.05) is 6.92 Å². The van der Waals surface area contributed by atoms with Crippen LogP contribution in [0.25, 0.3) is 0 Å². The molecule has 0 fully saturated rings. The van der Waals surface area contributed by atoms with Crippen molar-refractivity contribution in [3.8, 4) is 0 Å². The number of unbranched alkanes of at least 4 members (excludes halogenated alkanes) is 1. The Morgan fingerprint density at radius 1 is 1.33 bits per heavy atom. The lowest BCUT2D eigenvalue weighted by atomic mass is 10.3. The number of sulfonamides is 1. The summed E-state index contributed by atoms with van der Waals surface area (Å²) >= 11 is 4.94. The summed E-state index contributed by atoms with van der Waals surface area (Å²) in [6.45, 7) is 3.91. The third-order valence-electron chi connectivity index (χ3n) is 2.79. The average molecular weight is 399 g/mol. The van der Waals surface area contributed by atoms with E-state index in [1.54, 1.807) is 17.8 Å². The van der Waals surface area contributed by atoms with Crippen LogP contribution >= 0.6 is 27.7 Å². The van der Waals surface area contributed by atoms with Gasteiger partial charge >= 0.3 is 0 Å². The third kappa shape index (κ3) is 6.73. The fourth-order valence-electron chi connectivity index (χ4n) is 1.71. The van der Waals surface area contributed by atoms with Crippen molar-refractivity contribution < 1.29 is 12.8 Å². The first-order valence-electron chi connectivity index (χ1n) is 6.98. The highest BCUT2D eigenvalue weighted by molar-refractivity contribution is 9.10. The Labute approximate surface area is 139 Å². The lowest BCUT2D eigenvalue weighted by molar-refractivity contribution is 0.461. The molecule has 8 heteroatoms. The molecule has 0 radical (unpaired) electrons. The molecule has 0 unspecified atom stereocenters. The first-order chi connectivity index (χ1) is 10.0. The molecule has 0 saturated heterocycles. The Balaban J connectivity index is 2.57. The molecule has 0 aliphatic carbocycles. The van der Waals surface area contributed by atoms with Gasteiger partial charge in [0.15, 0.2) is 4.67 Å². The number of thioether (sulfide) groups is 1. The molecule has 1 heterocycles. The molecule has 0 saturated carbocycles. The molecule has 0 spiro atoms. The summed E-state index contributed by atoms with van der Waals surface area (Å²) in [4.78, 5) is 0.167. The van der Waals surface area contributed by atoms with Gasteiger partial charge in [-0.05, 0) is 53.7 Å². The molecule has 0 amide bonds. The van der Waals surface area contributed by atoms with E-state index in [2.05, 4.69) is 32.9 Å². The molecule has 1 aromatic heterocycles. The molecule has 0 atom stereocenters. The Hall–Kier alpha value is -0.0200. The second kappa shape index (κ2) is 9.89. The number of halogens is 1. The third-order valence-corrected chi connectivity index (χ3v) is 5.80. The molecule has 1 aromatic rings. The zero-order valence-electron chi connectivity index (χ0n) is 12.4. The molecule has 0 bridgehead atoms. The Bertz CT molecular complexity index is 517. The van der Waals surface area contributed by atoms with Crippen molar-refractivity contribution in [2.75, 3.05) is 25.1 Å². The molecular formula is C13H23BrN2O3S2. The van der Waals surface area contributed by atoms with E-state index in [4.69, 9.17) is 4.42 Å². The van der Waals surface area contributed by atoms with Crippen molar-refractivity contribution in [3.63, 3.8) is 0 Å². The van der Waals surface area contributed by atoms with E-state index < -0.39 is 10.0 Å². The Kier molecular flexibility index (Phi) is 8.96. The number of nitrogens with one attached hydrogen (secondary N) is 2. The lowest BCUT2D eigenvalue weighted by Crippen LogP contribution is -2.24. The highest BCUT2D eigenvalue weighted by Crippen LogP contribution is 2.26. The molecule has 0 aromatic carbocycles. The smallest absolute Gasteiger partial charge is 0.244 e. The van der Waals surface area contributed by atoms with Gasteiger partial charge in [0.2, 0.25) is 10.0 Å². The van der Waals surface area contributed by atoms with E-state index in [-0.39, 0.29) is 9.56 Å². The normalized spacial score (nSPS) is 12.0. The summed E-state index contributed by atoms with van der Waals surface area (Å²) in [7, 11) is -3.51. The molecule has 21 heavy (non-hydrogen) atoms. The van der Waals surface area contributed by atoms with Crippen LogP contribution in [-0.4, -0.2) is 33.5 Å². The maximum Gasteiger partial charge on any atom is 0.244 e. The van der Waals surface area contributed by atoms with Gasteiger partial charge in [0.1, 0.15) is 10.7 Å². The molecule has 5 nitrogen and oxygen atoms in total. The maximum absolute atomic E-state index is 12.2. The summed E-state index contributed by atoms with van der Waals surface area (Å²) < 4.78 is 32.7. The van der Waals surface area contributed by atoms with Crippen LogP contribution in [0.1, 0.15) is 31.9 Å². The topological polar surface area (TPSA) is 71.3 Å². The summed E-state index contributed by atoms with van der Waals surface area (Å²) in [6, 6.07) is 1.57. The number of furan rings is 1. The highest BCUT2D eigenvalue weighted by atomic mass is 79.9. The maximum atomic E-state index is 12.2. The van der Waals surface area contributed by atoms with Crippen LogP contribution in [0.15, 0.2) is 20.0 Å². The van der Waals surface area contributed by atoms with Gasteiger partial charge in [0, 0.05) is 12.6 Å². The van der Waals surface area contributed by atoms with Gasteiger partial charge in [0.25, 0.3) is 0 Å². The van der Waals surface area contributed by atoms with Crippen LogP contribution < -0.4 is 10.0 Å². The van der Waals surface area contributed by atoms with E-state index in [0.717, 1.165) is 31.6 Å².